The molecule has 1 aliphatic carbocycles. The van der Waals surface area contributed by atoms with Crippen molar-refractivity contribution in [1.29, 1.82) is 0 Å². The zero-order valence-electron chi connectivity index (χ0n) is 12.4. The fourth-order valence-electron chi connectivity index (χ4n) is 2.33. The highest BCUT2D eigenvalue weighted by atomic mass is 16.5. The van der Waals surface area contributed by atoms with E-state index in [0.717, 1.165) is 19.1 Å². The number of nitrogens with one attached hydrogen (secondary N) is 1. The zero-order valence-corrected chi connectivity index (χ0v) is 12.4. The Balaban J connectivity index is 2.27. The molecule has 0 aromatic rings. The lowest BCUT2D eigenvalue weighted by molar-refractivity contribution is 0.000736. The van der Waals surface area contributed by atoms with E-state index in [2.05, 4.69) is 39.9 Å². The highest BCUT2D eigenvalue weighted by Gasteiger charge is 2.21. The van der Waals surface area contributed by atoms with Gasteiger partial charge in [0.2, 0.25) is 0 Å². The molecule has 1 N–H and O–H groups in total. The Hall–Kier alpha value is -0.0800. The largest absolute Gasteiger partial charge is 0.376 e. The van der Waals surface area contributed by atoms with Gasteiger partial charge in [-0.25, -0.2) is 0 Å². The van der Waals surface area contributed by atoms with Crippen molar-refractivity contribution in [2.75, 3.05) is 13.2 Å². The molecule has 102 valence electrons. The highest BCUT2D eigenvalue weighted by molar-refractivity contribution is 4.76. The van der Waals surface area contributed by atoms with E-state index in [1.165, 1.54) is 25.7 Å². The van der Waals surface area contributed by atoms with Crippen molar-refractivity contribution in [1.82, 2.24) is 5.32 Å². The standard InChI is InChI=1S/C15H31NO/c1-12(2)14(10-16-15(3,4)5)17-11-13-8-6-7-9-13/h12-14,16H,6-11H2,1-5H3. The predicted molar refractivity (Wildman–Crippen MR) is 74.3 cm³/mol. The van der Waals surface area contributed by atoms with Gasteiger partial charge in [0.1, 0.15) is 0 Å². The molecule has 1 aliphatic rings. The van der Waals surface area contributed by atoms with Gasteiger partial charge in [0.25, 0.3) is 0 Å². The highest BCUT2D eigenvalue weighted by Crippen LogP contribution is 2.25. The van der Waals surface area contributed by atoms with Crippen molar-refractivity contribution in [3.8, 4) is 0 Å². The van der Waals surface area contributed by atoms with Crippen molar-refractivity contribution >= 4 is 0 Å². The molecule has 1 fully saturated rings. The summed E-state index contributed by atoms with van der Waals surface area (Å²) in [4.78, 5) is 0. The molecule has 1 saturated carbocycles. The van der Waals surface area contributed by atoms with E-state index in [0.29, 0.717) is 12.0 Å². The third kappa shape index (κ3) is 6.42. The van der Waals surface area contributed by atoms with Crippen LogP contribution < -0.4 is 5.32 Å². The van der Waals surface area contributed by atoms with Crippen LogP contribution in [0.2, 0.25) is 0 Å². The predicted octanol–water partition coefficient (Wildman–Crippen LogP) is 3.61. The molecule has 0 radical (unpaired) electrons. The molecule has 1 rings (SSSR count). The van der Waals surface area contributed by atoms with E-state index in [1.54, 1.807) is 0 Å². The molecule has 0 aromatic carbocycles. The molecule has 0 saturated heterocycles. The second-order valence-corrected chi connectivity index (χ2v) is 6.90. The third-order valence-electron chi connectivity index (χ3n) is 3.60. The Bertz CT molecular complexity index is 201. The SMILES string of the molecule is CC(C)C(CNC(C)(C)C)OCC1CCCC1. The van der Waals surface area contributed by atoms with Crippen LogP contribution in [0.5, 0.6) is 0 Å². The quantitative estimate of drug-likeness (QED) is 0.767. The molecule has 1 unspecified atom stereocenters. The molecule has 1 atom stereocenters. The first kappa shape index (κ1) is 15.0. The van der Waals surface area contributed by atoms with E-state index in [4.69, 9.17) is 4.74 Å². The van der Waals surface area contributed by atoms with Crippen LogP contribution in [0.1, 0.15) is 60.3 Å². The maximum absolute atomic E-state index is 6.12. The molecule has 0 spiro atoms. The minimum atomic E-state index is 0.184. The van der Waals surface area contributed by atoms with Crippen LogP contribution >= 0.6 is 0 Å². The summed E-state index contributed by atoms with van der Waals surface area (Å²) >= 11 is 0. The lowest BCUT2D eigenvalue weighted by atomic mass is 10.0. The van der Waals surface area contributed by atoms with Crippen LogP contribution in [0.15, 0.2) is 0 Å². The minimum Gasteiger partial charge on any atom is -0.376 e. The van der Waals surface area contributed by atoms with Crippen molar-refractivity contribution in [2.45, 2.75) is 71.9 Å². The smallest absolute Gasteiger partial charge is 0.0722 e. The summed E-state index contributed by atoms with van der Waals surface area (Å²) < 4.78 is 6.12. The summed E-state index contributed by atoms with van der Waals surface area (Å²) in [7, 11) is 0. The second-order valence-electron chi connectivity index (χ2n) is 6.90. The summed E-state index contributed by atoms with van der Waals surface area (Å²) in [5, 5.41) is 3.55. The van der Waals surface area contributed by atoms with Gasteiger partial charge in [-0.15, -0.1) is 0 Å². The van der Waals surface area contributed by atoms with Crippen molar-refractivity contribution < 1.29 is 4.74 Å². The van der Waals surface area contributed by atoms with Crippen molar-refractivity contribution in [2.24, 2.45) is 11.8 Å². The molecule has 2 heteroatoms. The van der Waals surface area contributed by atoms with Gasteiger partial charge < -0.3 is 10.1 Å². The number of hydrogen-bond acceptors (Lipinski definition) is 2. The first-order valence-electron chi connectivity index (χ1n) is 7.25. The first-order valence-corrected chi connectivity index (χ1v) is 7.25. The average Bonchev–Trinajstić information content (AvgIpc) is 2.68. The summed E-state index contributed by atoms with van der Waals surface area (Å²) in [6, 6.07) is 0. The van der Waals surface area contributed by atoms with E-state index in [9.17, 15) is 0 Å². The Morgan fingerprint density at radius 3 is 2.24 bits per heavy atom. The monoisotopic (exact) mass is 241 g/mol. The zero-order chi connectivity index (χ0) is 12.9. The Morgan fingerprint density at radius 2 is 1.76 bits per heavy atom. The summed E-state index contributed by atoms with van der Waals surface area (Å²) in [6.07, 6.45) is 5.91. The average molecular weight is 241 g/mol. The first-order chi connectivity index (χ1) is 7.88. The van der Waals surface area contributed by atoms with Crippen LogP contribution in [-0.4, -0.2) is 24.8 Å². The number of rotatable bonds is 6. The van der Waals surface area contributed by atoms with Crippen LogP contribution in [0.25, 0.3) is 0 Å². The van der Waals surface area contributed by atoms with Gasteiger partial charge in [-0.05, 0) is 45.4 Å². The van der Waals surface area contributed by atoms with Gasteiger partial charge in [-0.3, -0.25) is 0 Å². The summed E-state index contributed by atoms with van der Waals surface area (Å²) in [5.74, 6) is 1.41. The summed E-state index contributed by atoms with van der Waals surface area (Å²) in [5.41, 5.74) is 0.184. The van der Waals surface area contributed by atoms with Crippen LogP contribution in [0.3, 0.4) is 0 Å². The van der Waals surface area contributed by atoms with Crippen LogP contribution in [-0.2, 0) is 4.74 Å². The molecule has 2 nitrogen and oxygen atoms in total. The molecule has 17 heavy (non-hydrogen) atoms. The molecule has 0 aliphatic heterocycles. The van der Waals surface area contributed by atoms with E-state index >= 15 is 0 Å². The topological polar surface area (TPSA) is 21.3 Å². The van der Waals surface area contributed by atoms with Crippen LogP contribution in [0.4, 0.5) is 0 Å². The molecular weight excluding hydrogens is 210 g/mol. The molecule has 0 bridgehead atoms. The third-order valence-corrected chi connectivity index (χ3v) is 3.60. The Kier molecular flexibility index (Phi) is 5.94. The lowest BCUT2D eigenvalue weighted by Gasteiger charge is -2.28. The minimum absolute atomic E-state index is 0.184. The molecular formula is C15H31NO. The fraction of sp³-hybridized carbons (Fsp3) is 1.00. The van der Waals surface area contributed by atoms with E-state index in [-0.39, 0.29) is 5.54 Å². The number of hydrogen-bond donors (Lipinski definition) is 1. The summed E-state index contributed by atoms with van der Waals surface area (Å²) in [6.45, 7) is 13.1. The van der Waals surface area contributed by atoms with Gasteiger partial charge in [0.15, 0.2) is 0 Å². The second kappa shape index (κ2) is 6.75. The maximum atomic E-state index is 6.12. The normalized spacial score (nSPS) is 20.1. The van der Waals surface area contributed by atoms with Gasteiger partial charge in [0, 0.05) is 18.7 Å². The van der Waals surface area contributed by atoms with E-state index < -0.39 is 0 Å². The van der Waals surface area contributed by atoms with E-state index in [1.807, 2.05) is 0 Å². The Labute approximate surface area is 108 Å². The van der Waals surface area contributed by atoms with Crippen molar-refractivity contribution in [3.05, 3.63) is 0 Å². The van der Waals surface area contributed by atoms with Gasteiger partial charge in [-0.1, -0.05) is 26.7 Å². The molecule has 0 amide bonds. The van der Waals surface area contributed by atoms with Crippen LogP contribution in [0, 0.1) is 11.8 Å². The molecule has 0 heterocycles. The number of ether oxygens (including phenoxy) is 1. The fourth-order valence-corrected chi connectivity index (χ4v) is 2.33. The van der Waals surface area contributed by atoms with Crippen molar-refractivity contribution in [3.63, 3.8) is 0 Å². The maximum Gasteiger partial charge on any atom is 0.0722 e. The Morgan fingerprint density at radius 1 is 1.18 bits per heavy atom. The lowest BCUT2D eigenvalue weighted by Crippen LogP contribution is -2.43. The van der Waals surface area contributed by atoms with Gasteiger partial charge in [-0.2, -0.15) is 0 Å². The van der Waals surface area contributed by atoms with Gasteiger partial charge >= 0.3 is 0 Å². The molecule has 0 aromatic heterocycles. The van der Waals surface area contributed by atoms with Gasteiger partial charge in [0.05, 0.1) is 6.10 Å².